The molecule has 6 rings (SSSR count). The summed E-state index contributed by atoms with van der Waals surface area (Å²) in [5, 5.41) is 6.42. The number of aryl methyl sites for hydroxylation is 1. The first-order valence-corrected chi connectivity index (χ1v) is 19.5. The van der Waals surface area contributed by atoms with Crippen LogP contribution in [0.25, 0.3) is 10.9 Å². The molecule has 2 N–H and O–H groups in total. The SMILES string of the molecule is CCOC(=O)N1CCN(C(=O)C(CCC(=O)OCC2CCCO2)NC(=O)c2cc(OCC(=O)N3CCCC3C(=O)NC3CCC3)c3ccc(C)cc3n2)CC1. The lowest BCUT2D eigenvalue weighted by atomic mass is 9.93. The van der Waals surface area contributed by atoms with Crippen LogP contribution in [0.1, 0.15) is 80.8 Å². The summed E-state index contributed by atoms with van der Waals surface area (Å²) in [5.41, 5.74) is 1.28. The first-order valence-electron chi connectivity index (χ1n) is 19.5. The first-order chi connectivity index (χ1) is 26.6. The minimum Gasteiger partial charge on any atom is -0.483 e. The number of ether oxygens (including phenoxy) is 4. The van der Waals surface area contributed by atoms with Crippen molar-refractivity contribution in [2.45, 2.75) is 95.9 Å². The Morgan fingerprint density at radius 1 is 0.927 bits per heavy atom. The molecule has 3 aliphatic heterocycles. The zero-order chi connectivity index (χ0) is 38.9. The number of carbonyl (C=O) groups is 6. The van der Waals surface area contributed by atoms with Crippen LogP contribution >= 0.6 is 0 Å². The first kappa shape index (κ1) is 39.7. The summed E-state index contributed by atoms with van der Waals surface area (Å²) >= 11 is 0. The molecule has 3 saturated heterocycles. The normalized spacial score (nSPS) is 20.4. The van der Waals surface area contributed by atoms with Crippen LogP contribution in [0.4, 0.5) is 4.79 Å². The van der Waals surface area contributed by atoms with Crippen molar-refractivity contribution >= 4 is 46.6 Å². The van der Waals surface area contributed by atoms with Crippen molar-refractivity contribution in [3.05, 3.63) is 35.5 Å². The summed E-state index contributed by atoms with van der Waals surface area (Å²) in [6, 6.07) is 5.39. The third-order valence-electron chi connectivity index (χ3n) is 10.7. The highest BCUT2D eigenvalue weighted by molar-refractivity contribution is 5.99. The minimum absolute atomic E-state index is 0.0388. The van der Waals surface area contributed by atoms with Crippen LogP contribution in [0.15, 0.2) is 24.3 Å². The molecule has 4 fully saturated rings. The van der Waals surface area contributed by atoms with Gasteiger partial charge in [0.2, 0.25) is 11.8 Å². The van der Waals surface area contributed by atoms with Crippen molar-refractivity contribution in [1.29, 1.82) is 0 Å². The quantitative estimate of drug-likeness (QED) is 0.269. The predicted octanol–water partition coefficient (Wildman–Crippen LogP) is 2.48. The van der Waals surface area contributed by atoms with Crippen molar-refractivity contribution in [2.75, 3.05) is 59.2 Å². The molecule has 1 aliphatic carbocycles. The largest absolute Gasteiger partial charge is 0.483 e. The van der Waals surface area contributed by atoms with Gasteiger partial charge in [-0.3, -0.25) is 24.0 Å². The average molecular weight is 765 g/mol. The Balaban J connectivity index is 1.15. The molecule has 1 aromatic carbocycles. The molecule has 16 nitrogen and oxygen atoms in total. The fourth-order valence-electron chi connectivity index (χ4n) is 7.28. The number of hydrogen-bond acceptors (Lipinski definition) is 11. The van der Waals surface area contributed by atoms with Gasteiger partial charge in [0.15, 0.2) is 6.61 Å². The van der Waals surface area contributed by atoms with Gasteiger partial charge >= 0.3 is 12.1 Å². The summed E-state index contributed by atoms with van der Waals surface area (Å²) in [6.45, 7) is 5.62. The van der Waals surface area contributed by atoms with Gasteiger partial charge in [-0.25, -0.2) is 9.78 Å². The summed E-state index contributed by atoms with van der Waals surface area (Å²) in [4.78, 5) is 88.5. The van der Waals surface area contributed by atoms with Gasteiger partial charge in [-0.2, -0.15) is 0 Å². The highest BCUT2D eigenvalue weighted by atomic mass is 16.6. The average Bonchev–Trinajstić information content (AvgIpc) is 3.89. The third-order valence-corrected chi connectivity index (χ3v) is 10.7. The molecule has 0 spiro atoms. The van der Waals surface area contributed by atoms with E-state index in [1.54, 1.807) is 28.9 Å². The molecule has 298 valence electrons. The van der Waals surface area contributed by atoms with E-state index in [0.29, 0.717) is 36.9 Å². The van der Waals surface area contributed by atoms with E-state index in [1.165, 1.54) is 11.0 Å². The predicted molar refractivity (Wildman–Crippen MR) is 198 cm³/mol. The number of piperazine rings is 1. The van der Waals surface area contributed by atoms with Gasteiger partial charge < -0.3 is 44.3 Å². The number of nitrogens with one attached hydrogen (secondary N) is 2. The van der Waals surface area contributed by atoms with Gasteiger partial charge in [-0.15, -0.1) is 0 Å². The Morgan fingerprint density at radius 3 is 2.42 bits per heavy atom. The number of amides is 5. The van der Waals surface area contributed by atoms with Crippen LogP contribution in [0.3, 0.4) is 0 Å². The number of fused-ring (bicyclic) bond motifs is 1. The van der Waals surface area contributed by atoms with Gasteiger partial charge in [-0.05, 0) is 82.9 Å². The number of benzene rings is 1. The number of likely N-dealkylation sites (tertiary alicyclic amines) is 1. The van der Waals surface area contributed by atoms with Crippen molar-refractivity contribution < 1.29 is 47.7 Å². The van der Waals surface area contributed by atoms with Gasteiger partial charge in [-0.1, -0.05) is 6.07 Å². The molecule has 55 heavy (non-hydrogen) atoms. The number of carbonyl (C=O) groups excluding carboxylic acids is 6. The smallest absolute Gasteiger partial charge is 0.409 e. The summed E-state index contributed by atoms with van der Waals surface area (Å²) in [7, 11) is 0. The molecule has 16 heteroatoms. The van der Waals surface area contributed by atoms with Crippen LogP contribution in [-0.2, 0) is 33.4 Å². The van der Waals surface area contributed by atoms with E-state index in [0.717, 1.165) is 37.7 Å². The molecule has 0 radical (unpaired) electrons. The lowest BCUT2D eigenvalue weighted by molar-refractivity contribution is -0.147. The molecule has 1 aromatic heterocycles. The minimum atomic E-state index is -1.11. The Kier molecular flexibility index (Phi) is 13.4. The molecule has 0 bridgehead atoms. The second-order valence-corrected chi connectivity index (χ2v) is 14.6. The van der Waals surface area contributed by atoms with Gasteiger partial charge in [0, 0.05) is 63.2 Å². The lowest BCUT2D eigenvalue weighted by Crippen LogP contribution is -2.56. The van der Waals surface area contributed by atoms with Crippen molar-refractivity contribution in [2.24, 2.45) is 0 Å². The van der Waals surface area contributed by atoms with Crippen LogP contribution in [0, 0.1) is 6.92 Å². The molecule has 2 aromatic rings. The fraction of sp³-hybridized carbons (Fsp3) is 0.615. The second-order valence-electron chi connectivity index (χ2n) is 14.6. The Bertz CT molecular complexity index is 1740. The number of rotatable bonds is 14. The van der Waals surface area contributed by atoms with E-state index in [-0.39, 0.29) is 94.2 Å². The van der Waals surface area contributed by atoms with Crippen LogP contribution in [0.2, 0.25) is 0 Å². The Labute approximate surface area is 320 Å². The zero-order valence-corrected chi connectivity index (χ0v) is 31.7. The molecule has 3 unspecified atom stereocenters. The van der Waals surface area contributed by atoms with Gasteiger partial charge in [0.05, 0.1) is 18.2 Å². The second kappa shape index (κ2) is 18.6. The van der Waals surface area contributed by atoms with Crippen LogP contribution in [-0.4, -0.2) is 139 Å². The summed E-state index contributed by atoms with van der Waals surface area (Å²) in [6.07, 6.45) is 5.20. The molecule has 4 heterocycles. The highest BCUT2D eigenvalue weighted by Gasteiger charge is 2.36. The number of nitrogens with zero attached hydrogens (tertiary/aromatic N) is 4. The number of aromatic nitrogens is 1. The van der Waals surface area contributed by atoms with E-state index >= 15 is 0 Å². The van der Waals surface area contributed by atoms with Crippen molar-refractivity contribution in [3.63, 3.8) is 0 Å². The number of pyridine rings is 1. The lowest BCUT2D eigenvalue weighted by Gasteiger charge is -2.36. The maximum absolute atomic E-state index is 13.9. The molecular formula is C39H52N6O10. The van der Waals surface area contributed by atoms with E-state index in [2.05, 4.69) is 15.6 Å². The van der Waals surface area contributed by atoms with Crippen molar-refractivity contribution in [1.82, 2.24) is 30.3 Å². The molecule has 5 amide bonds. The maximum Gasteiger partial charge on any atom is 0.409 e. The molecule has 3 atom stereocenters. The molecular weight excluding hydrogens is 712 g/mol. The van der Waals surface area contributed by atoms with Gasteiger partial charge in [0.25, 0.3) is 11.8 Å². The van der Waals surface area contributed by atoms with Crippen molar-refractivity contribution in [3.8, 4) is 5.75 Å². The summed E-state index contributed by atoms with van der Waals surface area (Å²) < 4.78 is 22.1. The molecule has 4 aliphatic rings. The summed E-state index contributed by atoms with van der Waals surface area (Å²) in [5.74, 6) is -1.84. The Morgan fingerprint density at radius 2 is 1.71 bits per heavy atom. The third kappa shape index (κ3) is 10.2. The highest BCUT2D eigenvalue weighted by Crippen LogP contribution is 2.28. The number of esters is 1. The van der Waals surface area contributed by atoms with E-state index < -0.39 is 36.0 Å². The van der Waals surface area contributed by atoms with Crippen LogP contribution in [0.5, 0.6) is 5.75 Å². The Hall–Kier alpha value is -4.99. The number of hydrogen-bond donors (Lipinski definition) is 2. The maximum atomic E-state index is 13.9. The zero-order valence-electron chi connectivity index (χ0n) is 31.7. The van der Waals surface area contributed by atoms with E-state index in [4.69, 9.17) is 18.9 Å². The topological polar surface area (TPSA) is 186 Å². The fourth-order valence-corrected chi connectivity index (χ4v) is 7.28. The van der Waals surface area contributed by atoms with Gasteiger partial charge in [0.1, 0.15) is 30.1 Å². The van der Waals surface area contributed by atoms with Crippen LogP contribution < -0.4 is 15.4 Å². The molecule has 1 saturated carbocycles. The monoisotopic (exact) mass is 764 g/mol. The van der Waals surface area contributed by atoms with E-state index in [9.17, 15) is 28.8 Å². The van der Waals surface area contributed by atoms with E-state index in [1.807, 2.05) is 13.0 Å². The standard InChI is InChI=1S/C39H52N6O10/c1-3-52-39(51)44-18-16-43(17-19-44)38(50)29(13-14-35(47)55-23-27-9-6-20-53-27)42-36(48)31-22-33(28-12-11-25(2)21-30(28)41-31)54-24-34(46)45-15-5-10-32(45)37(49)40-26-7-4-8-26/h11-12,21-22,26-27,29,32H,3-10,13-20,23-24H2,1-2H3,(H,40,49)(H,42,48).